The molecule has 0 radical (unpaired) electrons. The molecule has 1 aromatic heterocycles. The van der Waals surface area contributed by atoms with Crippen LogP contribution in [-0.4, -0.2) is 33.0 Å². The molecule has 0 aliphatic carbocycles. The van der Waals surface area contributed by atoms with E-state index in [1.165, 1.54) is 18.6 Å². The van der Waals surface area contributed by atoms with Gasteiger partial charge in [-0.2, -0.15) is 0 Å². The van der Waals surface area contributed by atoms with E-state index >= 15 is 0 Å². The maximum Gasteiger partial charge on any atom is 0.326 e. The number of aromatic nitrogens is 2. The van der Waals surface area contributed by atoms with Gasteiger partial charge in [-0.1, -0.05) is 11.6 Å². The summed E-state index contributed by atoms with van der Waals surface area (Å²) >= 11 is 5.77. The number of aliphatic carboxylic acids is 1. The second kappa shape index (κ2) is 6.36. The van der Waals surface area contributed by atoms with Crippen molar-refractivity contribution in [3.8, 4) is 0 Å². The smallest absolute Gasteiger partial charge is 0.326 e. The topological polar surface area (TPSA) is 95.1 Å². The van der Waals surface area contributed by atoms with Crippen molar-refractivity contribution in [1.29, 1.82) is 0 Å². The summed E-state index contributed by atoms with van der Waals surface area (Å²) in [6.07, 6.45) is 2.92. The SMILES string of the molecule is O=C(N[C@H](Cc1cnc[nH]1)C(=O)O)c1ccc(F)cc1Cl. The maximum atomic E-state index is 12.9. The molecule has 2 aromatic rings. The monoisotopic (exact) mass is 311 g/mol. The predicted molar refractivity (Wildman–Crippen MR) is 72.6 cm³/mol. The van der Waals surface area contributed by atoms with E-state index in [0.717, 1.165) is 12.1 Å². The third kappa shape index (κ3) is 3.79. The molecule has 1 heterocycles. The lowest BCUT2D eigenvalue weighted by Crippen LogP contribution is -2.42. The number of amides is 1. The van der Waals surface area contributed by atoms with Gasteiger partial charge in [0.2, 0.25) is 0 Å². The molecule has 0 saturated heterocycles. The van der Waals surface area contributed by atoms with E-state index in [0.29, 0.717) is 5.69 Å². The largest absolute Gasteiger partial charge is 0.480 e. The van der Waals surface area contributed by atoms with Crippen LogP contribution in [0.25, 0.3) is 0 Å². The Morgan fingerprint density at radius 2 is 2.24 bits per heavy atom. The van der Waals surface area contributed by atoms with Crippen LogP contribution in [0.3, 0.4) is 0 Å². The van der Waals surface area contributed by atoms with Crippen LogP contribution in [0.5, 0.6) is 0 Å². The van der Waals surface area contributed by atoms with Crippen LogP contribution in [0.15, 0.2) is 30.7 Å². The Bertz CT molecular complexity index is 661. The fraction of sp³-hybridized carbons (Fsp3) is 0.154. The molecule has 0 saturated carbocycles. The summed E-state index contributed by atoms with van der Waals surface area (Å²) in [6, 6.07) is 2.10. The summed E-state index contributed by atoms with van der Waals surface area (Å²) < 4.78 is 12.9. The van der Waals surface area contributed by atoms with E-state index in [4.69, 9.17) is 16.7 Å². The zero-order chi connectivity index (χ0) is 15.4. The van der Waals surface area contributed by atoms with E-state index in [1.54, 1.807) is 0 Å². The van der Waals surface area contributed by atoms with Crippen LogP contribution in [-0.2, 0) is 11.2 Å². The summed E-state index contributed by atoms with van der Waals surface area (Å²) in [5.41, 5.74) is 0.571. The first kappa shape index (κ1) is 15.0. The van der Waals surface area contributed by atoms with Crippen molar-refractivity contribution < 1.29 is 19.1 Å². The molecular weight excluding hydrogens is 301 g/mol. The average molecular weight is 312 g/mol. The number of H-pyrrole nitrogens is 1. The van der Waals surface area contributed by atoms with Gasteiger partial charge in [0.05, 0.1) is 16.9 Å². The number of aromatic amines is 1. The molecule has 1 aromatic carbocycles. The fourth-order valence-electron chi connectivity index (χ4n) is 1.73. The van der Waals surface area contributed by atoms with Gasteiger partial charge in [-0.15, -0.1) is 0 Å². The van der Waals surface area contributed by atoms with E-state index < -0.39 is 23.7 Å². The van der Waals surface area contributed by atoms with Crippen molar-refractivity contribution >= 4 is 23.5 Å². The first-order chi connectivity index (χ1) is 9.97. The van der Waals surface area contributed by atoms with Crippen molar-refractivity contribution in [2.75, 3.05) is 0 Å². The van der Waals surface area contributed by atoms with E-state index in [-0.39, 0.29) is 17.0 Å². The van der Waals surface area contributed by atoms with Crippen molar-refractivity contribution in [1.82, 2.24) is 15.3 Å². The van der Waals surface area contributed by atoms with Gasteiger partial charge in [0, 0.05) is 18.3 Å². The summed E-state index contributed by atoms with van der Waals surface area (Å²) in [7, 11) is 0. The lowest BCUT2D eigenvalue weighted by molar-refractivity contribution is -0.139. The number of nitrogens with zero attached hydrogens (tertiary/aromatic N) is 1. The Labute approximate surface area is 124 Å². The Morgan fingerprint density at radius 3 is 2.81 bits per heavy atom. The van der Waals surface area contributed by atoms with E-state index in [9.17, 15) is 14.0 Å². The van der Waals surface area contributed by atoms with Crippen molar-refractivity contribution in [2.24, 2.45) is 0 Å². The standard InChI is InChI=1S/C13H11ClFN3O3/c14-10-3-7(15)1-2-9(10)12(19)18-11(13(20)21)4-8-5-16-6-17-8/h1-3,5-6,11H,4H2,(H,16,17)(H,18,19)(H,20,21)/t11-/m1/s1. The summed E-state index contributed by atoms with van der Waals surface area (Å²) in [5.74, 6) is -2.47. The number of nitrogens with one attached hydrogen (secondary N) is 2. The first-order valence-electron chi connectivity index (χ1n) is 5.93. The molecule has 1 atom stereocenters. The van der Waals surface area contributed by atoms with Gasteiger partial charge in [-0.25, -0.2) is 14.2 Å². The molecule has 6 nitrogen and oxygen atoms in total. The maximum absolute atomic E-state index is 12.9. The second-order valence-corrected chi connectivity index (χ2v) is 4.68. The highest BCUT2D eigenvalue weighted by Crippen LogP contribution is 2.17. The second-order valence-electron chi connectivity index (χ2n) is 4.27. The number of carbonyl (C=O) groups excluding carboxylic acids is 1. The predicted octanol–water partition coefficient (Wildman–Crippen LogP) is 1.63. The number of carbonyl (C=O) groups is 2. The van der Waals surface area contributed by atoms with Crippen LogP contribution in [0.4, 0.5) is 4.39 Å². The molecule has 110 valence electrons. The zero-order valence-corrected chi connectivity index (χ0v) is 11.4. The molecule has 1 amide bonds. The third-order valence-electron chi connectivity index (χ3n) is 2.76. The van der Waals surface area contributed by atoms with Gasteiger partial charge < -0.3 is 15.4 Å². The van der Waals surface area contributed by atoms with Crippen LogP contribution < -0.4 is 5.32 Å². The van der Waals surface area contributed by atoms with Gasteiger partial charge in [0.1, 0.15) is 11.9 Å². The molecule has 21 heavy (non-hydrogen) atoms. The number of imidazole rings is 1. The molecular formula is C13H11ClFN3O3. The van der Waals surface area contributed by atoms with Crippen molar-refractivity contribution in [3.63, 3.8) is 0 Å². The number of hydrogen-bond donors (Lipinski definition) is 3. The van der Waals surface area contributed by atoms with Gasteiger partial charge >= 0.3 is 5.97 Å². The fourth-order valence-corrected chi connectivity index (χ4v) is 1.98. The lowest BCUT2D eigenvalue weighted by atomic mass is 10.1. The number of carboxylic acid groups (broad SMARTS) is 1. The minimum atomic E-state index is -1.20. The van der Waals surface area contributed by atoms with Crippen LogP contribution in [0.1, 0.15) is 16.1 Å². The number of benzene rings is 1. The molecule has 0 aliphatic rings. The van der Waals surface area contributed by atoms with Gasteiger partial charge in [0.25, 0.3) is 5.91 Å². The van der Waals surface area contributed by atoms with Crippen LogP contribution >= 0.6 is 11.6 Å². The molecule has 0 unspecified atom stereocenters. The molecule has 0 fully saturated rings. The highest BCUT2D eigenvalue weighted by atomic mass is 35.5. The highest BCUT2D eigenvalue weighted by molar-refractivity contribution is 6.33. The quantitative estimate of drug-likeness (QED) is 0.782. The molecule has 2 rings (SSSR count). The minimum absolute atomic E-state index is 0.00827. The molecule has 0 aliphatic heterocycles. The number of rotatable bonds is 5. The van der Waals surface area contributed by atoms with Gasteiger partial charge in [-0.3, -0.25) is 4.79 Å². The Kier molecular flexibility index (Phi) is 4.54. The summed E-state index contributed by atoms with van der Waals surface area (Å²) in [6.45, 7) is 0. The van der Waals surface area contributed by atoms with Crippen LogP contribution in [0.2, 0.25) is 5.02 Å². The summed E-state index contributed by atoms with van der Waals surface area (Å²) in [5, 5.41) is 11.4. The van der Waals surface area contributed by atoms with Crippen LogP contribution in [0, 0.1) is 5.82 Å². The number of carboxylic acids is 1. The number of hydrogen-bond acceptors (Lipinski definition) is 3. The van der Waals surface area contributed by atoms with E-state index in [2.05, 4.69) is 15.3 Å². The minimum Gasteiger partial charge on any atom is -0.480 e. The van der Waals surface area contributed by atoms with Crippen molar-refractivity contribution in [2.45, 2.75) is 12.5 Å². The highest BCUT2D eigenvalue weighted by Gasteiger charge is 2.22. The molecule has 0 spiro atoms. The zero-order valence-electron chi connectivity index (χ0n) is 10.6. The van der Waals surface area contributed by atoms with Crippen molar-refractivity contribution in [3.05, 3.63) is 52.8 Å². The normalized spacial score (nSPS) is 11.9. The lowest BCUT2D eigenvalue weighted by Gasteiger charge is -2.14. The molecule has 3 N–H and O–H groups in total. The van der Waals surface area contributed by atoms with Gasteiger partial charge in [0.15, 0.2) is 0 Å². The summed E-state index contributed by atoms with van der Waals surface area (Å²) in [4.78, 5) is 29.7. The number of halogens is 2. The average Bonchev–Trinajstić information content (AvgIpc) is 2.90. The molecule has 8 heteroatoms. The Hall–Kier alpha value is -2.41. The third-order valence-corrected chi connectivity index (χ3v) is 3.07. The Morgan fingerprint density at radius 1 is 1.48 bits per heavy atom. The first-order valence-corrected chi connectivity index (χ1v) is 6.31. The Balaban J connectivity index is 2.12. The molecule has 0 bridgehead atoms. The van der Waals surface area contributed by atoms with Gasteiger partial charge in [-0.05, 0) is 18.2 Å². The van der Waals surface area contributed by atoms with E-state index in [1.807, 2.05) is 0 Å².